The van der Waals surface area contributed by atoms with Crippen LogP contribution in [0.4, 0.5) is 8.78 Å². The summed E-state index contributed by atoms with van der Waals surface area (Å²) in [6.07, 6.45) is 3.25. The minimum Gasteiger partial charge on any atom is -0.389 e. The van der Waals surface area contributed by atoms with E-state index in [9.17, 15) is 13.9 Å². The fourth-order valence-corrected chi connectivity index (χ4v) is 3.80. The molecular formula is C14H16BrF2NO. The van der Waals surface area contributed by atoms with E-state index in [2.05, 4.69) is 21.2 Å². The molecule has 2 nitrogen and oxygen atoms in total. The SMILES string of the molecule is OC1(Cc2c(F)ccc(Br)c2F)CC2CCC(C1)N2. The van der Waals surface area contributed by atoms with Crippen molar-refractivity contribution >= 4 is 15.9 Å². The Kier molecular flexibility index (Phi) is 3.39. The quantitative estimate of drug-likeness (QED) is 0.817. The number of halogens is 3. The lowest BCUT2D eigenvalue weighted by molar-refractivity contribution is -0.00746. The maximum Gasteiger partial charge on any atom is 0.143 e. The number of nitrogens with one attached hydrogen (secondary N) is 1. The van der Waals surface area contributed by atoms with E-state index in [4.69, 9.17) is 0 Å². The molecule has 2 bridgehead atoms. The summed E-state index contributed by atoms with van der Waals surface area (Å²) in [6.45, 7) is 0. The first kappa shape index (κ1) is 13.5. The first-order chi connectivity index (χ1) is 8.97. The average Bonchev–Trinajstić information content (AvgIpc) is 2.70. The van der Waals surface area contributed by atoms with Crippen LogP contribution in [0.2, 0.25) is 0 Å². The van der Waals surface area contributed by atoms with E-state index in [1.807, 2.05) is 0 Å². The summed E-state index contributed by atoms with van der Waals surface area (Å²) in [5.74, 6) is -1.18. The molecule has 2 atom stereocenters. The van der Waals surface area contributed by atoms with Crippen molar-refractivity contribution in [3.8, 4) is 0 Å². The molecule has 2 aliphatic rings. The van der Waals surface area contributed by atoms with Crippen molar-refractivity contribution in [1.29, 1.82) is 0 Å². The molecule has 5 heteroatoms. The number of aliphatic hydroxyl groups is 1. The minimum absolute atomic E-state index is 0.0156. The maximum atomic E-state index is 14.0. The van der Waals surface area contributed by atoms with Crippen LogP contribution < -0.4 is 5.32 Å². The normalized spacial score (nSPS) is 33.7. The number of rotatable bonds is 2. The summed E-state index contributed by atoms with van der Waals surface area (Å²) in [4.78, 5) is 0. The first-order valence-corrected chi connectivity index (χ1v) is 7.37. The van der Waals surface area contributed by atoms with E-state index in [1.54, 1.807) is 0 Å². The molecule has 0 radical (unpaired) electrons. The fraction of sp³-hybridized carbons (Fsp3) is 0.571. The van der Waals surface area contributed by atoms with Crippen molar-refractivity contribution < 1.29 is 13.9 Å². The van der Waals surface area contributed by atoms with Gasteiger partial charge in [0.25, 0.3) is 0 Å². The molecule has 2 aliphatic heterocycles. The van der Waals surface area contributed by atoms with Gasteiger partial charge in [-0.3, -0.25) is 0 Å². The summed E-state index contributed by atoms with van der Waals surface area (Å²) in [6, 6.07) is 3.15. The summed E-state index contributed by atoms with van der Waals surface area (Å²) in [5, 5.41) is 14.1. The van der Waals surface area contributed by atoms with Gasteiger partial charge >= 0.3 is 0 Å². The molecule has 0 spiro atoms. The second-order valence-corrected chi connectivity index (χ2v) is 6.62. The Morgan fingerprint density at radius 2 is 1.89 bits per heavy atom. The summed E-state index contributed by atoms with van der Waals surface area (Å²) in [5.41, 5.74) is -1.02. The first-order valence-electron chi connectivity index (χ1n) is 6.58. The van der Waals surface area contributed by atoms with E-state index < -0.39 is 17.2 Å². The molecule has 2 unspecified atom stereocenters. The van der Waals surface area contributed by atoms with Crippen LogP contribution in [0.5, 0.6) is 0 Å². The average molecular weight is 332 g/mol. The van der Waals surface area contributed by atoms with Gasteiger partial charge < -0.3 is 10.4 Å². The highest BCUT2D eigenvalue weighted by Gasteiger charge is 2.43. The minimum atomic E-state index is -1.00. The lowest BCUT2D eigenvalue weighted by Gasteiger charge is -2.37. The highest BCUT2D eigenvalue weighted by Crippen LogP contribution is 2.37. The zero-order valence-corrected chi connectivity index (χ0v) is 12.0. The highest BCUT2D eigenvalue weighted by atomic mass is 79.9. The van der Waals surface area contributed by atoms with Gasteiger partial charge in [0.15, 0.2) is 0 Å². The predicted octanol–water partition coefficient (Wildman–Crippen LogP) is 2.92. The third-order valence-electron chi connectivity index (χ3n) is 4.23. The molecule has 0 aromatic heterocycles. The summed E-state index contributed by atoms with van der Waals surface area (Å²) < 4.78 is 28.0. The Balaban J connectivity index is 1.87. The maximum absolute atomic E-state index is 14.0. The number of piperidine rings is 1. The van der Waals surface area contributed by atoms with E-state index in [0.29, 0.717) is 12.8 Å². The number of hydrogen-bond acceptors (Lipinski definition) is 2. The molecule has 19 heavy (non-hydrogen) atoms. The molecule has 2 N–H and O–H groups in total. The summed E-state index contributed by atoms with van der Waals surface area (Å²) in [7, 11) is 0. The highest BCUT2D eigenvalue weighted by molar-refractivity contribution is 9.10. The molecule has 104 valence electrons. The molecule has 1 aromatic rings. The molecule has 3 rings (SSSR count). The largest absolute Gasteiger partial charge is 0.389 e. The molecule has 2 saturated heterocycles. The van der Waals surface area contributed by atoms with Crippen LogP contribution in [0.3, 0.4) is 0 Å². The molecular weight excluding hydrogens is 316 g/mol. The van der Waals surface area contributed by atoms with Crippen molar-refractivity contribution in [3.05, 3.63) is 33.8 Å². The van der Waals surface area contributed by atoms with Crippen LogP contribution >= 0.6 is 15.9 Å². The van der Waals surface area contributed by atoms with Crippen LogP contribution in [0.15, 0.2) is 16.6 Å². The van der Waals surface area contributed by atoms with Crippen LogP contribution in [-0.4, -0.2) is 22.8 Å². The smallest absolute Gasteiger partial charge is 0.143 e. The van der Waals surface area contributed by atoms with Gasteiger partial charge in [-0.15, -0.1) is 0 Å². The van der Waals surface area contributed by atoms with Crippen molar-refractivity contribution in [2.75, 3.05) is 0 Å². The zero-order chi connectivity index (χ0) is 13.6. The van der Waals surface area contributed by atoms with Crippen molar-refractivity contribution in [3.63, 3.8) is 0 Å². The lowest BCUT2D eigenvalue weighted by Crippen LogP contribution is -2.49. The molecule has 1 aromatic carbocycles. The summed E-state index contributed by atoms with van der Waals surface area (Å²) >= 11 is 3.06. The number of fused-ring (bicyclic) bond motifs is 2. The van der Waals surface area contributed by atoms with Gasteiger partial charge in [0, 0.05) is 24.1 Å². The monoisotopic (exact) mass is 331 g/mol. The predicted molar refractivity (Wildman–Crippen MR) is 71.9 cm³/mol. The van der Waals surface area contributed by atoms with Crippen LogP contribution in [-0.2, 0) is 6.42 Å². The molecule has 2 heterocycles. The lowest BCUT2D eigenvalue weighted by atomic mass is 9.82. The van der Waals surface area contributed by atoms with E-state index in [1.165, 1.54) is 12.1 Å². The van der Waals surface area contributed by atoms with E-state index >= 15 is 0 Å². The van der Waals surface area contributed by atoms with Gasteiger partial charge in [-0.2, -0.15) is 0 Å². The van der Waals surface area contributed by atoms with Crippen molar-refractivity contribution in [2.45, 2.75) is 49.8 Å². The molecule has 0 saturated carbocycles. The third-order valence-corrected chi connectivity index (χ3v) is 4.84. The third kappa shape index (κ3) is 2.56. The molecule has 2 fully saturated rings. The second kappa shape index (κ2) is 4.79. The molecule has 0 aliphatic carbocycles. The van der Waals surface area contributed by atoms with Gasteiger partial charge in [-0.25, -0.2) is 8.78 Å². The van der Waals surface area contributed by atoms with E-state index in [0.717, 1.165) is 12.8 Å². The van der Waals surface area contributed by atoms with Gasteiger partial charge in [-0.1, -0.05) is 0 Å². The second-order valence-electron chi connectivity index (χ2n) is 5.77. The Hall–Kier alpha value is -0.520. The van der Waals surface area contributed by atoms with Gasteiger partial charge in [0.1, 0.15) is 11.6 Å². The zero-order valence-electron chi connectivity index (χ0n) is 10.4. The fourth-order valence-electron chi connectivity index (χ4n) is 3.43. The van der Waals surface area contributed by atoms with Crippen LogP contribution in [0.1, 0.15) is 31.2 Å². The van der Waals surface area contributed by atoms with E-state index in [-0.39, 0.29) is 28.5 Å². The van der Waals surface area contributed by atoms with Crippen molar-refractivity contribution in [2.24, 2.45) is 0 Å². The number of hydrogen-bond donors (Lipinski definition) is 2. The Morgan fingerprint density at radius 1 is 1.26 bits per heavy atom. The van der Waals surface area contributed by atoms with Gasteiger partial charge in [0.2, 0.25) is 0 Å². The Morgan fingerprint density at radius 3 is 2.53 bits per heavy atom. The van der Waals surface area contributed by atoms with Gasteiger partial charge in [-0.05, 0) is 53.7 Å². The van der Waals surface area contributed by atoms with Crippen LogP contribution in [0, 0.1) is 11.6 Å². The number of benzene rings is 1. The topological polar surface area (TPSA) is 32.3 Å². The Bertz CT molecular complexity index is 496. The van der Waals surface area contributed by atoms with Gasteiger partial charge in [0.05, 0.1) is 10.1 Å². The van der Waals surface area contributed by atoms with Crippen LogP contribution in [0.25, 0.3) is 0 Å². The Labute approximate surface area is 119 Å². The standard InChI is InChI=1S/C14H16BrF2NO/c15-11-3-4-12(16)10(13(11)17)7-14(19)5-8-1-2-9(6-14)18-8/h3-4,8-9,18-19H,1-2,5-7H2. The molecule has 0 amide bonds. The van der Waals surface area contributed by atoms with Crippen molar-refractivity contribution in [1.82, 2.24) is 5.32 Å².